The Labute approximate surface area is 165 Å². The van der Waals surface area contributed by atoms with Gasteiger partial charge in [-0.05, 0) is 56.7 Å². The van der Waals surface area contributed by atoms with Crippen molar-refractivity contribution in [3.63, 3.8) is 0 Å². The molecule has 0 bridgehead atoms. The predicted molar refractivity (Wildman–Crippen MR) is 109 cm³/mol. The van der Waals surface area contributed by atoms with Crippen LogP contribution in [-0.4, -0.2) is 48.1 Å². The molecule has 0 unspecified atom stereocenters. The van der Waals surface area contributed by atoms with Gasteiger partial charge in [0.15, 0.2) is 6.61 Å². The summed E-state index contributed by atoms with van der Waals surface area (Å²) in [4.78, 5) is 32.4. The van der Waals surface area contributed by atoms with Gasteiger partial charge >= 0.3 is 6.03 Å². The molecule has 1 aliphatic rings. The Hall–Kier alpha value is -3.09. The summed E-state index contributed by atoms with van der Waals surface area (Å²) < 4.78 is 5.47. The maximum Gasteiger partial charge on any atom is 0.321 e. The molecule has 3 rings (SSSR count). The fourth-order valence-corrected chi connectivity index (χ4v) is 3.19. The molecule has 2 aromatic rings. The maximum atomic E-state index is 12.7. The molecule has 0 saturated heterocycles. The first-order valence-corrected chi connectivity index (χ1v) is 9.41. The van der Waals surface area contributed by atoms with E-state index in [0.717, 1.165) is 11.3 Å². The van der Waals surface area contributed by atoms with Crippen molar-refractivity contribution in [3.8, 4) is 5.75 Å². The van der Waals surface area contributed by atoms with Gasteiger partial charge in [-0.3, -0.25) is 9.78 Å². The van der Waals surface area contributed by atoms with Gasteiger partial charge in [-0.2, -0.15) is 0 Å². The highest BCUT2D eigenvalue weighted by Crippen LogP contribution is 2.34. The number of nitrogens with zero attached hydrogens (tertiary/aromatic N) is 3. The number of urea groups is 1. The second kappa shape index (κ2) is 8.29. The van der Waals surface area contributed by atoms with Crippen molar-refractivity contribution in [1.29, 1.82) is 0 Å². The lowest BCUT2D eigenvalue weighted by Crippen LogP contribution is -2.40. The minimum Gasteiger partial charge on any atom is -0.482 e. The van der Waals surface area contributed by atoms with Crippen molar-refractivity contribution in [3.05, 3.63) is 47.8 Å². The van der Waals surface area contributed by atoms with Gasteiger partial charge in [-0.25, -0.2) is 4.79 Å². The molecule has 148 valence electrons. The summed E-state index contributed by atoms with van der Waals surface area (Å²) in [6, 6.07) is 9.07. The van der Waals surface area contributed by atoms with E-state index < -0.39 is 0 Å². The van der Waals surface area contributed by atoms with E-state index in [1.165, 1.54) is 0 Å². The molecule has 1 atom stereocenters. The van der Waals surface area contributed by atoms with Gasteiger partial charge in [-0.1, -0.05) is 0 Å². The van der Waals surface area contributed by atoms with E-state index in [1.807, 2.05) is 32.9 Å². The highest BCUT2D eigenvalue weighted by molar-refractivity contribution is 5.99. The number of hydrogen-bond acceptors (Lipinski definition) is 4. The number of benzene rings is 1. The monoisotopic (exact) mass is 382 g/mol. The molecule has 7 nitrogen and oxygen atoms in total. The summed E-state index contributed by atoms with van der Waals surface area (Å²) >= 11 is 0. The number of fused-ring (bicyclic) bond motifs is 1. The third-order valence-electron chi connectivity index (χ3n) is 4.93. The van der Waals surface area contributed by atoms with Gasteiger partial charge in [-0.15, -0.1) is 0 Å². The molecule has 28 heavy (non-hydrogen) atoms. The van der Waals surface area contributed by atoms with E-state index in [4.69, 9.17) is 4.74 Å². The largest absolute Gasteiger partial charge is 0.482 e. The number of ether oxygens (including phenoxy) is 1. The van der Waals surface area contributed by atoms with E-state index in [2.05, 4.69) is 10.3 Å². The molecule has 1 aliphatic heterocycles. The topological polar surface area (TPSA) is 74.8 Å². The number of aryl methyl sites for hydroxylation is 1. The summed E-state index contributed by atoms with van der Waals surface area (Å²) in [6.45, 7) is 6.51. The third-order valence-corrected chi connectivity index (χ3v) is 4.93. The van der Waals surface area contributed by atoms with Crippen LogP contribution >= 0.6 is 0 Å². The number of hydrogen-bond donors (Lipinski definition) is 1. The smallest absolute Gasteiger partial charge is 0.321 e. The number of anilines is 2. The first-order chi connectivity index (χ1) is 13.4. The van der Waals surface area contributed by atoms with Crippen LogP contribution in [0.15, 0.2) is 36.5 Å². The first-order valence-electron chi connectivity index (χ1n) is 9.41. The Bertz CT molecular complexity index is 884. The number of rotatable bonds is 5. The molecular formula is C21H26N4O3. The molecule has 7 heteroatoms. The highest BCUT2D eigenvalue weighted by Gasteiger charge is 2.25. The van der Waals surface area contributed by atoms with Crippen LogP contribution in [0.5, 0.6) is 5.75 Å². The molecule has 1 aromatic carbocycles. The highest BCUT2D eigenvalue weighted by atomic mass is 16.5. The third kappa shape index (κ3) is 4.24. The van der Waals surface area contributed by atoms with E-state index in [9.17, 15) is 9.59 Å². The van der Waals surface area contributed by atoms with Crippen LogP contribution in [0.2, 0.25) is 0 Å². The van der Waals surface area contributed by atoms with Crippen molar-refractivity contribution in [1.82, 2.24) is 9.88 Å². The zero-order valence-corrected chi connectivity index (χ0v) is 16.7. The van der Waals surface area contributed by atoms with Crippen LogP contribution in [0, 0.1) is 6.92 Å². The normalized spacial score (nSPS) is 14.1. The number of likely N-dealkylation sites (N-methyl/N-ethyl adjacent to an activating group) is 2. The molecule has 3 amide bonds. The van der Waals surface area contributed by atoms with Crippen LogP contribution in [0.3, 0.4) is 0 Å². The van der Waals surface area contributed by atoms with Crippen molar-refractivity contribution >= 4 is 23.3 Å². The molecule has 1 aromatic heterocycles. The second-order valence-electron chi connectivity index (χ2n) is 7.03. The molecule has 2 heterocycles. The minimum absolute atomic E-state index is 0.0241. The summed E-state index contributed by atoms with van der Waals surface area (Å²) in [5.74, 6) is 0.557. The van der Waals surface area contributed by atoms with Crippen molar-refractivity contribution in [2.24, 2.45) is 0 Å². The van der Waals surface area contributed by atoms with E-state index >= 15 is 0 Å². The fourth-order valence-electron chi connectivity index (χ4n) is 3.19. The number of nitrogens with one attached hydrogen (secondary N) is 1. The Morgan fingerprint density at radius 3 is 2.86 bits per heavy atom. The van der Waals surface area contributed by atoms with Gasteiger partial charge in [0, 0.05) is 43.6 Å². The molecule has 1 N–H and O–H groups in total. The molecular weight excluding hydrogens is 356 g/mol. The van der Waals surface area contributed by atoms with Crippen LogP contribution in [0.1, 0.15) is 25.1 Å². The van der Waals surface area contributed by atoms with E-state index in [0.29, 0.717) is 30.1 Å². The van der Waals surface area contributed by atoms with Gasteiger partial charge in [0.25, 0.3) is 5.91 Å². The fraction of sp³-hybridized carbons (Fsp3) is 0.381. The molecule has 0 saturated carbocycles. The standard InChI is InChI=1S/C21H26N4O3/c1-5-25-18-12-16(6-7-19(18)28-13-20(25)26)23-21(27)24(4)15(3)11-17-10-14(2)8-9-22-17/h6-10,12,15H,5,11,13H2,1-4H3,(H,23,27)/t15-/m0/s1. The second-order valence-corrected chi connectivity index (χ2v) is 7.03. The number of amides is 3. The lowest BCUT2D eigenvalue weighted by Gasteiger charge is -2.29. The lowest BCUT2D eigenvalue weighted by molar-refractivity contribution is -0.121. The summed E-state index contributed by atoms with van der Waals surface area (Å²) in [7, 11) is 1.76. The van der Waals surface area contributed by atoms with Gasteiger partial charge < -0.3 is 19.9 Å². The first kappa shape index (κ1) is 19.7. The van der Waals surface area contributed by atoms with Gasteiger partial charge in [0.05, 0.1) is 5.69 Å². The van der Waals surface area contributed by atoms with Gasteiger partial charge in [0.1, 0.15) is 5.75 Å². The zero-order chi connectivity index (χ0) is 20.3. The lowest BCUT2D eigenvalue weighted by atomic mass is 10.1. The quantitative estimate of drug-likeness (QED) is 0.862. The van der Waals surface area contributed by atoms with Crippen LogP contribution in [-0.2, 0) is 11.2 Å². The predicted octanol–water partition coefficient (Wildman–Crippen LogP) is 3.23. The number of aromatic nitrogens is 1. The Kier molecular flexibility index (Phi) is 5.82. The minimum atomic E-state index is -0.216. The summed E-state index contributed by atoms with van der Waals surface area (Å²) in [6.07, 6.45) is 2.45. The maximum absolute atomic E-state index is 12.7. The molecule has 0 radical (unpaired) electrons. The number of carbonyl (C=O) groups excluding carboxylic acids is 2. The molecule has 0 spiro atoms. The molecule has 0 fully saturated rings. The SMILES string of the molecule is CCN1C(=O)COc2ccc(NC(=O)N(C)[C@@H](C)Cc3cc(C)ccn3)cc21. The van der Waals surface area contributed by atoms with E-state index in [-0.39, 0.29) is 24.6 Å². The van der Waals surface area contributed by atoms with Crippen molar-refractivity contribution in [2.75, 3.05) is 30.4 Å². The van der Waals surface area contributed by atoms with Gasteiger partial charge in [0.2, 0.25) is 0 Å². The Morgan fingerprint density at radius 1 is 1.36 bits per heavy atom. The number of carbonyl (C=O) groups is 2. The van der Waals surface area contributed by atoms with Crippen LogP contribution < -0.4 is 15.0 Å². The summed E-state index contributed by atoms with van der Waals surface area (Å²) in [5, 5.41) is 2.90. The molecule has 0 aliphatic carbocycles. The summed E-state index contributed by atoms with van der Waals surface area (Å²) in [5.41, 5.74) is 3.40. The Morgan fingerprint density at radius 2 is 2.14 bits per heavy atom. The van der Waals surface area contributed by atoms with Crippen molar-refractivity contribution < 1.29 is 14.3 Å². The van der Waals surface area contributed by atoms with Crippen molar-refractivity contribution in [2.45, 2.75) is 33.2 Å². The van der Waals surface area contributed by atoms with Crippen LogP contribution in [0.25, 0.3) is 0 Å². The number of pyridine rings is 1. The Balaban J connectivity index is 1.68. The zero-order valence-electron chi connectivity index (χ0n) is 16.7. The average molecular weight is 382 g/mol. The average Bonchev–Trinajstić information content (AvgIpc) is 2.67. The van der Waals surface area contributed by atoms with E-state index in [1.54, 1.807) is 41.2 Å². The van der Waals surface area contributed by atoms with Crippen LogP contribution in [0.4, 0.5) is 16.2 Å².